The molecule has 2 amide bonds. The van der Waals surface area contributed by atoms with Crippen LogP contribution in [0.15, 0.2) is 23.1 Å². The minimum absolute atomic E-state index is 0.120. The van der Waals surface area contributed by atoms with E-state index in [9.17, 15) is 14.4 Å². The number of likely N-dealkylation sites (tertiary alicyclic amines) is 1. The predicted molar refractivity (Wildman–Crippen MR) is 67.7 cm³/mol. The van der Waals surface area contributed by atoms with Crippen molar-refractivity contribution < 1.29 is 9.59 Å². The van der Waals surface area contributed by atoms with E-state index in [0.29, 0.717) is 24.6 Å². The second kappa shape index (κ2) is 4.53. The average molecular weight is 261 g/mol. The lowest BCUT2D eigenvalue weighted by Gasteiger charge is -2.16. The van der Waals surface area contributed by atoms with Gasteiger partial charge in [-0.1, -0.05) is 0 Å². The molecule has 1 aliphatic carbocycles. The number of rotatable bonds is 3. The smallest absolute Gasteiger partial charge is 0.253 e. The summed E-state index contributed by atoms with van der Waals surface area (Å²) < 4.78 is 0. The van der Waals surface area contributed by atoms with E-state index in [2.05, 4.69) is 10.3 Å². The Morgan fingerprint density at radius 3 is 2.74 bits per heavy atom. The van der Waals surface area contributed by atoms with Crippen molar-refractivity contribution in [3.63, 3.8) is 0 Å². The number of aromatic amines is 1. The molecule has 2 fully saturated rings. The molecule has 1 aliphatic heterocycles. The van der Waals surface area contributed by atoms with Gasteiger partial charge in [-0.15, -0.1) is 0 Å². The highest BCUT2D eigenvalue weighted by molar-refractivity contribution is 5.94. The standard InChI is InChI=1S/C13H15N3O3/c17-11-4-1-8(6-14-11)13(19)15-9-5-12(18)16(7-9)10-2-3-10/h1,4,6,9-10H,2-3,5,7H2,(H,14,17)(H,15,19). The lowest BCUT2D eigenvalue weighted by atomic mass is 10.2. The normalized spacial score (nSPS) is 22.6. The summed E-state index contributed by atoms with van der Waals surface area (Å²) in [6.07, 6.45) is 3.90. The Labute approximate surface area is 109 Å². The first-order chi connectivity index (χ1) is 9.13. The van der Waals surface area contributed by atoms with Crippen molar-refractivity contribution >= 4 is 11.8 Å². The molecule has 0 aromatic carbocycles. The minimum Gasteiger partial charge on any atom is -0.347 e. The van der Waals surface area contributed by atoms with Crippen LogP contribution in [-0.4, -0.2) is 40.3 Å². The van der Waals surface area contributed by atoms with E-state index in [-0.39, 0.29) is 23.4 Å². The zero-order chi connectivity index (χ0) is 13.4. The molecule has 3 rings (SSSR count). The number of nitrogens with zero attached hydrogens (tertiary/aromatic N) is 1. The maximum Gasteiger partial charge on any atom is 0.253 e. The topological polar surface area (TPSA) is 82.3 Å². The van der Waals surface area contributed by atoms with Crippen LogP contribution in [0.5, 0.6) is 0 Å². The van der Waals surface area contributed by atoms with Crippen LogP contribution in [0.3, 0.4) is 0 Å². The van der Waals surface area contributed by atoms with Crippen molar-refractivity contribution in [2.45, 2.75) is 31.3 Å². The summed E-state index contributed by atoms with van der Waals surface area (Å²) in [5, 5.41) is 2.83. The Hall–Kier alpha value is -2.11. The molecule has 1 atom stereocenters. The molecule has 2 N–H and O–H groups in total. The third-order valence-electron chi connectivity index (χ3n) is 3.53. The van der Waals surface area contributed by atoms with E-state index in [4.69, 9.17) is 0 Å². The fourth-order valence-electron chi connectivity index (χ4n) is 2.39. The number of aromatic nitrogens is 1. The third kappa shape index (κ3) is 2.52. The minimum atomic E-state index is -0.258. The molecule has 2 aliphatic rings. The largest absolute Gasteiger partial charge is 0.347 e. The molecule has 100 valence electrons. The van der Waals surface area contributed by atoms with E-state index in [1.807, 2.05) is 4.90 Å². The van der Waals surface area contributed by atoms with Crippen LogP contribution >= 0.6 is 0 Å². The van der Waals surface area contributed by atoms with Gasteiger partial charge in [0, 0.05) is 31.3 Å². The molecule has 2 heterocycles. The summed E-state index contributed by atoms with van der Waals surface area (Å²) in [6.45, 7) is 0.596. The van der Waals surface area contributed by atoms with Gasteiger partial charge in [0.15, 0.2) is 0 Å². The molecule has 1 aromatic rings. The third-order valence-corrected chi connectivity index (χ3v) is 3.53. The molecular weight excluding hydrogens is 246 g/mol. The molecule has 6 nitrogen and oxygen atoms in total. The van der Waals surface area contributed by atoms with E-state index < -0.39 is 0 Å². The summed E-state index contributed by atoms with van der Waals surface area (Å²) in [5.41, 5.74) is 0.157. The maximum atomic E-state index is 11.9. The van der Waals surface area contributed by atoms with Gasteiger partial charge in [0.2, 0.25) is 11.5 Å². The molecule has 1 aromatic heterocycles. The molecule has 0 spiro atoms. The van der Waals surface area contributed by atoms with Crippen LogP contribution in [0.2, 0.25) is 0 Å². The zero-order valence-corrected chi connectivity index (χ0v) is 10.4. The van der Waals surface area contributed by atoms with Crippen LogP contribution in [0.25, 0.3) is 0 Å². The van der Waals surface area contributed by atoms with E-state index in [1.54, 1.807) is 0 Å². The Bertz CT molecular complexity index is 556. The Kier molecular flexibility index (Phi) is 2.85. The summed E-state index contributed by atoms with van der Waals surface area (Å²) >= 11 is 0. The number of hydrogen-bond acceptors (Lipinski definition) is 3. The highest BCUT2D eigenvalue weighted by atomic mass is 16.2. The molecule has 1 saturated heterocycles. The molecule has 6 heteroatoms. The maximum absolute atomic E-state index is 11.9. The van der Waals surface area contributed by atoms with E-state index in [0.717, 1.165) is 12.8 Å². The molecule has 1 saturated carbocycles. The first kappa shape index (κ1) is 12.0. The van der Waals surface area contributed by atoms with Crippen molar-refractivity contribution in [2.24, 2.45) is 0 Å². The van der Waals surface area contributed by atoms with Crippen LogP contribution in [0.1, 0.15) is 29.6 Å². The SMILES string of the molecule is O=C(NC1CC(=O)N(C2CC2)C1)c1ccc(=O)[nH]c1. The average Bonchev–Trinajstić information content (AvgIpc) is 3.15. The van der Waals surface area contributed by atoms with Crippen LogP contribution in [-0.2, 0) is 4.79 Å². The summed E-state index contributed by atoms with van der Waals surface area (Å²) in [4.78, 5) is 38.9. The Morgan fingerprint density at radius 1 is 1.32 bits per heavy atom. The monoisotopic (exact) mass is 261 g/mol. The zero-order valence-electron chi connectivity index (χ0n) is 10.4. The van der Waals surface area contributed by atoms with Crippen LogP contribution < -0.4 is 10.9 Å². The van der Waals surface area contributed by atoms with Gasteiger partial charge in [0.1, 0.15) is 0 Å². The van der Waals surface area contributed by atoms with Crippen molar-refractivity contribution in [3.8, 4) is 0 Å². The fourth-order valence-corrected chi connectivity index (χ4v) is 2.39. The van der Waals surface area contributed by atoms with Gasteiger partial charge in [-0.05, 0) is 18.9 Å². The lowest BCUT2D eigenvalue weighted by Crippen LogP contribution is -2.37. The van der Waals surface area contributed by atoms with Crippen molar-refractivity contribution in [3.05, 3.63) is 34.2 Å². The van der Waals surface area contributed by atoms with Gasteiger partial charge in [-0.25, -0.2) is 0 Å². The fraction of sp³-hybridized carbons (Fsp3) is 0.462. The van der Waals surface area contributed by atoms with Gasteiger partial charge < -0.3 is 15.2 Å². The lowest BCUT2D eigenvalue weighted by molar-refractivity contribution is -0.128. The second-order valence-electron chi connectivity index (χ2n) is 5.09. The number of hydrogen-bond donors (Lipinski definition) is 2. The van der Waals surface area contributed by atoms with Crippen LogP contribution in [0.4, 0.5) is 0 Å². The second-order valence-corrected chi connectivity index (χ2v) is 5.09. The van der Waals surface area contributed by atoms with E-state index in [1.165, 1.54) is 18.3 Å². The van der Waals surface area contributed by atoms with Gasteiger partial charge in [-0.2, -0.15) is 0 Å². The van der Waals surface area contributed by atoms with Gasteiger partial charge in [-0.3, -0.25) is 14.4 Å². The van der Waals surface area contributed by atoms with Gasteiger partial charge >= 0.3 is 0 Å². The highest BCUT2D eigenvalue weighted by Gasteiger charge is 2.39. The predicted octanol–water partition coefficient (Wildman–Crippen LogP) is -0.132. The summed E-state index contributed by atoms with van der Waals surface area (Å²) in [7, 11) is 0. The number of pyridine rings is 1. The molecule has 0 radical (unpaired) electrons. The van der Waals surface area contributed by atoms with E-state index >= 15 is 0 Å². The molecule has 0 bridgehead atoms. The van der Waals surface area contributed by atoms with Crippen molar-refractivity contribution in [1.29, 1.82) is 0 Å². The number of carbonyl (C=O) groups is 2. The van der Waals surface area contributed by atoms with Crippen molar-refractivity contribution in [2.75, 3.05) is 6.54 Å². The quantitative estimate of drug-likeness (QED) is 0.795. The number of amides is 2. The first-order valence-corrected chi connectivity index (χ1v) is 6.42. The highest BCUT2D eigenvalue weighted by Crippen LogP contribution is 2.30. The summed E-state index contributed by atoms with van der Waals surface area (Å²) in [6, 6.07) is 3.05. The first-order valence-electron chi connectivity index (χ1n) is 6.42. The Morgan fingerprint density at radius 2 is 2.11 bits per heavy atom. The van der Waals surface area contributed by atoms with Gasteiger partial charge in [0.05, 0.1) is 11.6 Å². The number of carbonyl (C=O) groups excluding carboxylic acids is 2. The van der Waals surface area contributed by atoms with Crippen LogP contribution in [0, 0.1) is 0 Å². The molecule has 1 unspecified atom stereocenters. The summed E-state index contributed by atoms with van der Waals surface area (Å²) in [5.74, 6) is -0.138. The molecular formula is C13H15N3O3. The number of H-pyrrole nitrogens is 1. The van der Waals surface area contributed by atoms with Crippen molar-refractivity contribution in [1.82, 2.24) is 15.2 Å². The number of nitrogens with one attached hydrogen (secondary N) is 2. The Balaban J connectivity index is 1.62. The van der Waals surface area contributed by atoms with Gasteiger partial charge in [0.25, 0.3) is 5.91 Å². The molecule has 19 heavy (non-hydrogen) atoms.